The summed E-state index contributed by atoms with van der Waals surface area (Å²) < 4.78 is 5.56. The van der Waals surface area contributed by atoms with E-state index in [0.717, 1.165) is 59.2 Å². The summed E-state index contributed by atoms with van der Waals surface area (Å²) in [5.74, 6) is 10.7. The predicted octanol–water partition coefficient (Wildman–Crippen LogP) is 4.24. The average molecular weight is 353 g/mol. The molecular formula is C24H32O2. The first-order valence-electron chi connectivity index (χ1n) is 11.5. The van der Waals surface area contributed by atoms with E-state index in [1.807, 2.05) is 0 Å². The second-order valence-corrected chi connectivity index (χ2v) is 12.6. The molecule has 0 saturated heterocycles. The van der Waals surface area contributed by atoms with Crippen molar-refractivity contribution in [3.8, 4) is 0 Å². The first-order valence-corrected chi connectivity index (χ1v) is 11.5. The molecule has 26 heavy (non-hydrogen) atoms. The molecule has 0 aromatic carbocycles. The van der Waals surface area contributed by atoms with Crippen molar-refractivity contribution in [2.24, 2.45) is 87.3 Å². The molecule has 8 aliphatic rings. The maximum atomic E-state index is 13.4. The summed E-state index contributed by atoms with van der Waals surface area (Å²) in [6, 6.07) is 0. The lowest BCUT2D eigenvalue weighted by atomic mass is 9.61. The van der Waals surface area contributed by atoms with Crippen LogP contribution < -0.4 is 0 Å². The minimum atomic E-state index is -0.176. The van der Waals surface area contributed by atoms with Crippen molar-refractivity contribution in [2.75, 3.05) is 7.11 Å². The van der Waals surface area contributed by atoms with E-state index in [9.17, 15) is 4.79 Å². The van der Waals surface area contributed by atoms with Crippen LogP contribution in [0.5, 0.6) is 0 Å². The quantitative estimate of drug-likeness (QED) is 0.660. The minimum absolute atomic E-state index is 0.164. The molecule has 0 spiro atoms. The normalized spacial score (nSPS) is 77.2. The number of ether oxygens (including phenoxy) is 1. The van der Waals surface area contributed by atoms with Crippen LogP contribution in [0, 0.1) is 87.3 Å². The van der Waals surface area contributed by atoms with Crippen molar-refractivity contribution < 1.29 is 9.53 Å². The summed E-state index contributed by atoms with van der Waals surface area (Å²) in [6.07, 6.45) is 5.75. The van der Waals surface area contributed by atoms with Crippen LogP contribution in [-0.2, 0) is 9.53 Å². The molecule has 2 heteroatoms. The van der Waals surface area contributed by atoms with Crippen LogP contribution in [0.3, 0.4) is 0 Å². The van der Waals surface area contributed by atoms with Crippen LogP contribution in [0.1, 0.15) is 46.5 Å². The summed E-state index contributed by atoms with van der Waals surface area (Å²) in [4.78, 5) is 13.4. The lowest BCUT2D eigenvalue weighted by Gasteiger charge is -2.43. The predicted molar refractivity (Wildman–Crippen MR) is 96.7 cm³/mol. The average Bonchev–Trinajstić information content (AvgIpc) is 3.36. The molecule has 8 fully saturated rings. The highest BCUT2D eigenvalue weighted by atomic mass is 16.5. The lowest BCUT2D eigenvalue weighted by molar-refractivity contribution is -0.160. The standard InChI is InChI=1S/C24H32O2/c1-22-8-7-11-16-14-13-15(24(16,3)21(25)26-4)9-5-6-10-12(9)18(13)23(2,20(10)22)19(14)17(11)22/h9-20H,5-8H2,1-4H3/t9-,10-,11-,12-,13-,14+,15-,16+,17+,18-,19-,20-,22-,23+,24-/m1/s1. The Labute approximate surface area is 156 Å². The molecule has 0 unspecified atom stereocenters. The van der Waals surface area contributed by atoms with Gasteiger partial charge in [-0.15, -0.1) is 0 Å². The molecule has 8 saturated carbocycles. The van der Waals surface area contributed by atoms with Gasteiger partial charge in [-0.05, 0) is 114 Å². The second kappa shape index (κ2) is 3.57. The zero-order valence-electron chi connectivity index (χ0n) is 16.6. The molecule has 0 radical (unpaired) electrons. The lowest BCUT2D eigenvalue weighted by Crippen LogP contribution is -2.45. The highest BCUT2D eigenvalue weighted by Crippen LogP contribution is 2.95. The van der Waals surface area contributed by atoms with E-state index in [4.69, 9.17) is 4.74 Å². The number of hydrogen-bond acceptors (Lipinski definition) is 2. The van der Waals surface area contributed by atoms with Crippen LogP contribution in [0.15, 0.2) is 0 Å². The van der Waals surface area contributed by atoms with Gasteiger partial charge in [-0.3, -0.25) is 4.79 Å². The summed E-state index contributed by atoms with van der Waals surface area (Å²) in [7, 11) is 1.66. The first kappa shape index (κ1) is 14.5. The first-order chi connectivity index (χ1) is 12.4. The van der Waals surface area contributed by atoms with Crippen molar-refractivity contribution >= 4 is 5.97 Å². The highest BCUT2D eigenvalue weighted by molar-refractivity contribution is 5.79. The largest absolute Gasteiger partial charge is 0.469 e. The Morgan fingerprint density at radius 2 is 1.50 bits per heavy atom. The number of methoxy groups -OCH3 is 1. The maximum absolute atomic E-state index is 13.4. The Bertz CT molecular complexity index is 789. The number of fused-ring (bicyclic) bond motifs is 4. The van der Waals surface area contributed by atoms with E-state index in [1.165, 1.54) is 25.7 Å². The summed E-state index contributed by atoms with van der Waals surface area (Å²) in [6.45, 7) is 7.86. The Balaban J connectivity index is 1.48. The smallest absolute Gasteiger partial charge is 0.312 e. The van der Waals surface area contributed by atoms with Gasteiger partial charge in [0.2, 0.25) is 0 Å². The molecule has 15 atom stereocenters. The van der Waals surface area contributed by atoms with E-state index in [-0.39, 0.29) is 11.4 Å². The van der Waals surface area contributed by atoms with E-state index in [2.05, 4.69) is 20.8 Å². The third-order valence-corrected chi connectivity index (χ3v) is 13.1. The molecule has 140 valence electrons. The van der Waals surface area contributed by atoms with Gasteiger partial charge in [0.25, 0.3) is 0 Å². The van der Waals surface area contributed by atoms with Gasteiger partial charge < -0.3 is 4.74 Å². The third-order valence-electron chi connectivity index (χ3n) is 13.1. The number of hydrogen-bond donors (Lipinski definition) is 0. The summed E-state index contributed by atoms with van der Waals surface area (Å²) >= 11 is 0. The van der Waals surface area contributed by atoms with Gasteiger partial charge in [-0.2, -0.15) is 0 Å². The fraction of sp³-hybridized carbons (Fsp3) is 0.958. The number of carbonyl (C=O) groups excluding carboxylic acids is 1. The van der Waals surface area contributed by atoms with Gasteiger partial charge in [0, 0.05) is 0 Å². The maximum Gasteiger partial charge on any atom is 0.312 e. The van der Waals surface area contributed by atoms with Gasteiger partial charge >= 0.3 is 5.97 Å². The SMILES string of the molecule is COC(=O)[C@]1(C)[C@@H]2[C@@H]3CC[C@@H]4[C@@H]3[C@@H]3[C@@H]2[C@H]2[C@@H]1[C@H]1CC[C@]5(C)[C@@H]1[C@@H]2[C@@]3(C)[C@H]45. The van der Waals surface area contributed by atoms with Crippen molar-refractivity contribution in [1.29, 1.82) is 0 Å². The van der Waals surface area contributed by atoms with Crippen LogP contribution in [0.4, 0.5) is 0 Å². The van der Waals surface area contributed by atoms with Gasteiger partial charge in [0.05, 0.1) is 12.5 Å². The summed E-state index contributed by atoms with van der Waals surface area (Å²) in [5.41, 5.74) is 1.04. The van der Waals surface area contributed by atoms with Crippen LogP contribution in [0.25, 0.3) is 0 Å². The van der Waals surface area contributed by atoms with Crippen LogP contribution in [0.2, 0.25) is 0 Å². The Kier molecular flexibility index (Phi) is 1.98. The Morgan fingerprint density at radius 3 is 2.27 bits per heavy atom. The highest BCUT2D eigenvalue weighted by Gasteiger charge is 2.92. The molecule has 8 aliphatic carbocycles. The van der Waals surface area contributed by atoms with Gasteiger partial charge in [-0.1, -0.05) is 13.8 Å². The molecular weight excluding hydrogens is 320 g/mol. The molecule has 8 rings (SSSR count). The zero-order valence-corrected chi connectivity index (χ0v) is 16.6. The van der Waals surface area contributed by atoms with E-state index in [0.29, 0.717) is 22.7 Å². The molecule has 0 bridgehead atoms. The Morgan fingerprint density at radius 1 is 0.808 bits per heavy atom. The minimum Gasteiger partial charge on any atom is -0.469 e. The third kappa shape index (κ3) is 0.937. The van der Waals surface area contributed by atoms with E-state index in [1.54, 1.807) is 7.11 Å². The number of rotatable bonds is 1. The molecule has 0 aromatic heterocycles. The molecule has 0 amide bonds. The molecule has 0 aliphatic heterocycles. The fourth-order valence-electron chi connectivity index (χ4n) is 14.0. The number of carbonyl (C=O) groups is 1. The molecule has 0 heterocycles. The van der Waals surface area contributed by atoms with Crippen LogP contribution >= 0.6 is 0 Å². The van der Waals surface area contributed by atoms with Crippen LogP contribution in [-0.4, -0.2) is 13.1 Å². The zero-order chi connectivity index (χ0) is 17.5. The summed E-state index contributed by atoms with van der Waals surface area (Å²) in [5, 5.41) is 0. The van der Waals surface area contributed by atoms with E-state index < -0.39 is 0 Å². The van der Waals surface area contributed by atoms with Crippen molar-refractivity contribution in [3.63, 3.8) is 0 Å². The van der Waals surface area contributed by atoms with Crippen molar-refractivity contribution in [3.05, 3.63) is 0 Å². The number of esters is 1. The van der Waals surface area contributed by atoms with Crippen molar-refractivity contribution in [2.45, 2.75) is 46.5 Å². The fourth-order valence-corrected chi connectivity index (χ4v) is 14.0. The van der Waals surface area contributed by atoms with Gasteiger partial charge in [0.15, 0.2) is 0 Å². The molecule has 0 aromatic rings. The Hall–Kier alpha value is -0.530. The van der Waals surface area contributed by atoms with Gasteiger partial charge in [0.1, 0.15) is 0 Å². The topological polar surface area (TPSA) is 26.3 Å². The second-order valence-electron chi connectivity index (χ2n) is 12.6. The van der Waals surface area contributed by atoms with Gasteiger partial charge in [-0.25, -0.2) is 0 Å². The van der Waals surface area contributed by atoms with Crippen molar-refractivity contribution in [1.82, 2.24) is 0 Å². The molecule has 2 nitrogen and oxygen atoms in total. The monoisotopic (exact) mass is 352 g/mol. The molecule has 0 N–H and O–H groups in total. The van der Waals surface area contributed by atoms with E-state index >= 15 is 0 Å².